The van der Waals surface area contributed by atoms with Gasteiger partial charge >= 0.3 is 0 Å². The highest BCUT2D eigenvalue weighted by molar-refractivity contribution is 7.88. The number of hydrogen-bond acceptors (Lipinski definition) is 5. The second kappa shape index (κ2) is 8.68. The number of ether oxygens (including phenoxy) is 2. The van der Waals surface area contributed by atoms with E-state index in [4.69, 9.17) is 9.47 Å². The van der Waals surface area contributed by atoms with Crippen LogP contribution in [0.25, 0.3) is 0 Å². The summed E-state index contributed by atoms with van der Waals surface area (Å²) in [5.41, 5.74) is 1.27. The van der Waals surface area contributed by atoms with Gasteiger partial charge in [-0.1, -0.05) is 12.1 Å². The van der Waals surface area contributed by atoms with Gasteiger partial charge < -0.3 is 14.8 Å². The molecule has 0 fully saturated rings. The van der Waals surface area contributed by atoms with Gasteiger partial charge in [0.05, 0.1) is 26.5 Å². The van der Waals surface area contributed by atoms with Crippen LogP contribution < -0.4 is 19.5 Å². The maximum Gasteiger partial charge on any atom is 0.226 e. The third-order valence-corrected chi connectivity index (χ3v) is 4.35. The molecule has 2 aromatic carbocycles. The summed E-state index contributed by atoms with van der Waals surface area (Å²) in [7, 11) is -0.388. The van der Waals surface area contributed by atoms with Gasteiger partial charge in [-0.3, -0.25) is 4.79 Å². The lowest BCUT2D eigenvalue weighted by molar-refractivity contribution is -0.116. The molecule has 1 atom stereocenters. The number of methoxy groups -OCH3 is 2. The SMILES string of the molecule is COc1ccc(NC(=O)C[C@H](NS(C)(=O)=O)c2ccc(OC)cc2)cc1. The Kier molecular flexibility index (Phi) is 6.59. The molecule has 0 radical (unpaired) electrons. The van der Waals surface area contributed by atoms with Crippen molar-refractivity contribution in [1.82, 2.24) is 4.72 Å². The van der Waals surface area contributed by atoms with E-state index in [-0.39, 0.29) is 12.3 Å². The van der Waals surface area contributed by atoms with Crippen LogP contribution in [0.5, 0.6) is 11.5 Å². The molecular formula is C18H22N2O5S. The normalized spacial score (nSPS) is 12.3. The van der Waals surface area contributed by atoms with Crippen molar-refractivity contribution in [3.63, 3.8) is 0 Å². The number of hydrogen-bond donors (Lipinski definition) is 2. The zero-order valence-electron chi connectivity index (χ0n) is 14.9. The zero-order chi connectivity index (χ0) is 19.2. The smallest absolute Gasteiger partial charge is 0.226 e. The molecule has 0 aliphatic carbocycles. The summed E-state index contributed by atoms with van der Waals surface area (Å²) in [6.07, 6.45) is 1.01. The lowest BCUT2D eigenvalue weighted by atomic mass is 10.0. The van der Waals surface area contributed by atoms with Gasteiger partial charge in [0, 0.05) is 12.1 Å². The standard InChI is InChI=1S/C18H22N2O5S/c1-24-15-8-4-13(5-9-15)17(20-26(3,22)23)12-18(21)19-14-6-10-16(25-2)11-7-14/h4-11,17,20H,12H2,1-3H3,(H,19,21)/t17-/m0/s1. The Morgan fingerprint density at radius 1 is 0.962 bits per heavy atom. The van der Waals surface area contributed by atoms with Crippen molar-refractivity contribution >= 4 is 21.6 Å². The molecular weight excluding hydrogens is 356 g/mol. The highest BCUT2D eigenvalue weighted by Gasteiger charge is 2.20. The molecule has 0 saturated carbocycles. The van der Waals surface area contributed by atoms with Gasteiger partial charge in [0.25, 0.3) is 0 Å². The fraction of sp³-hybridized carbons (Fsp3) is 0.278. The summed E-state index contributed by atoms with van der Waals surface area (Å²) >= 11 is 0. The van der Waals surface area contributed by atoms with Crippen LogP contribution in [0.1, 0.15) is 18.0 Å². The summed E-state index contributed by atoms with van der Waals surface area (Å²) in [5.74, 6) is 1.01. The van der Waals surface area contributed by atoms with Gasteiger partial charge in [-0.15, -0.1) is 0 Å². The maximum atomic E-state index is 12.4. The third-order valence-electron chi connectivity index (χ3n) is 3.64. The van der Waals surface area contributed by atoms with Crippen LogP contribution in [0.2, 0.25) is 0 Å². The Labute approximate surface area is 153 Å². The monoisotopic (exact) mass is 378 g/mol. The fourth-order valence-corrected chi connectivity index (χ4v) is 3.13. The molecule has 0 spiro atoms. The Balaban J connectivity index is 2.12. The van der Waals surface area contributed by atoms with Crippen molar-refractivity contribution < 1.29 is 22.7 Å². The molecule has 2 aromatic rings. The van der Waals surface area contributed by atoms with E-state index >= 15 is 0 Å². The van der Waals surface area contributed by atoms with Gasteiger partial charge in [-0.2, -0.15) is 0 Å². The summed E-state index contributed by atoms with van der Waals surface area (Å²) in [5, 5.41) is 2.75. The van der Waals surface area contributed by atoms with Crippen LogP contribution in [0, 0.1) is 0 Å². The van der Waals surface area contributed by atoms with Crippen LogP contribution in [0.3, 0.4) is 0 Å². The average molecular weight is 378 g/mol. The Hall–Kier alpha value is -2.58. The predicted molar refractivity (Wildman–Crippen MR) is 100.0 cm³/mol. The summed E-state index contributed by atoms with van der Waals surface area (Å²) in [4.78, 5) is 12.4. The molecule has 1 amide bonds. The van der Waals surface area contributed by atoms with Crippen LogP contribution in [-0.4, -0.2) is 34.8 Å². The number of nitrogens with one attached hydrogen (secondary N) is 2. The van der Waals surface area contributed by atoms with E-state index in [1.54, 1.807) is 62.8 Å². The van der Waals surface area contributed by atoms with Gasteiger partial charge in [0.2, 0.25) is 15.9 Å². The Morgan fingerprint density at radius 3 is 1.92 bits per heavy atom. The topological polar surface area (TPSA) is 93.7 Å². The largest absolute Gasteiger partial charge is 0.497 e. The predicted octanol–water partition coefficient (Wildman–Crippen LogP) is 2.32. The summed E-state index contributed by atoms with van der Waals surface area (Å²) in [6, 6.07) is 13.1. The van der Waals surface area contributed by atoms with Gasteiger partial charge in [-0.25, -0.2) is 13.1 Å². The average Bonchev–Trinajstić information content (AvgIpc) is 2.60. The minimum atomic E-state index is -3.49. The number of amides is 1. The molecule has 140 valence electrons. The fourth-order valence-electron chi connectivity index (χ4n) is 2.39. The van der Waals surface area contributed by atoms with Crippen LogP contribution in [-0.2, 0) is 14.8 Å². The molecule has 26 heavy (non-hydrogen) atoms. The van der Waals surface area contributed by atoms with Gasteiger partial charge in [0.1, 0.15) is 11.5 Å². The zero-order valence-corrected chi connectivity index (χ0v) is 15.7. The van der Waals surface area contributed by atoms with E-state index < -0.39 is 16.1 Å². The second-order valence-electron chi connectivity index (χ2n) is 5.70. The maximum absolute atomic E-state index is 12.4. The molecule has 7 nitrogen and oxygen atoms in total. The van der Waals surface area contributed by atoms with E-state index in [0.717, 1.165) is 6.26 Å². The number of carbonyl (C=O) groups is 1. The lowest BCUT2D eigenvalue weighted by Gasteiger charge is -2.18. The Morgan fingerprint density at radius 2 is 1.46 bits per heavy atom. The number of sulfonamides is 1. The molecule has 0 unspecified atom stereocenters. The van der Waals surface area contributed by atoms with Crippen molar-refractivity contribution in [3.8, 4) is 11.5 Å². The molecule has 0 aliphatic heterocycles. The van der Waals surface area contributed by atoms with Crippen LogP contribution in [0.4, 0.5) is 5.69 Å². The molecule has 0 aromatic heterocycles. The molecule has 0 saturated heterocycles. The minimum Gasteiger partial charge on any atom is -0.497 e. The highest BCUT2D eigenvalue weighted by atomic mass is 32.2. The quantitative estimate of drug-likeness (QED) is 0.735. The van der Waals surface area contributed by atoms with Crippen molar-refractivity contribution in [1.29, 1.82) is 0 Å². The first-order chi connectivity index (χ1) is 12.3. The van der Waals surface area contributed by atoms with Crippen molar-refractivity contribution in [2.45, 2.75) is 12.5 Å². The van der Waals surface area contributed by atoms with Crippen molar-refractivity contribution in [3.05, 3.63) is 54.1 Å². The highest BCUT2D eigenvalue weighted by Crippen LogP contribution is 2.22. The molecule has 2 N–H and O–H groups in total. The molecule has 0 bridgehead atoms. The van der Waals surface area contributed by atoms with Gasteiger partial charge in [-0.05, 0) is 42.0 Å². The molecule has 2 rings (SSSR count). The number of carbonyl (C=O) groups excluding carboxylic acids is 1. The summed E-state index contributed by atoms with van der Waals surface area (Å²) < 4.78 is 36.0. The minimum absolute atomic E-state index is 0.0502. The van der Waals surface area contributed by atoms with Crippen LogP contribution >= 0.6 is 0 Å². The second-order valence-corrected chi connectivity index (χ2v) is 7.48. The van der Waals surface area contributed by atoms with Crippen molar-refractivity contribution in [2.24, 2.45) is 0 Å². The molecule has 8 heteroatoms. The molecule has 0 heterocycles. The van der Waals surface area contributed by atoms with E-state index in [1.165, 1.54) is 0 Å². The number of rotatable bonds is 8. The number of anilines is 1. The first-order valence-electron chi connectivity index (χ1n) is 7.86. The third kappa shape index (κ3) is 6.05. The first kappa shape index (κ1) is 19.7. The summed E-state index contributed by atoms with van der Waals surface area (Å²) in [6.45, 7) is 0. The Bertz CT molecular complexity index is 833. The first-order valence-corrected chi connectivity index (χ1v) is 9.75. The lowest BCUT2D eigenvalue weighted by Crippen LogP contribution is -2.30. The van der Waals surface area contributed by atoms with Crippen LogP contribution in [0.15, 0.2) is 48.5 Å². The van der Waals surface area contributed by atoms with Gasteiger partial charge in [0.15, 0.2) is 0 Å². The van der Waals surface area contributed by atoms with E-state index in [2.05, 4.69) is 10.0 Å². The molecule has 0 aliphatic rings. The van der Waals surface area contributed by atoms with E-state index in [0.29, 0.717) is 22.7 Å². The van der Waals surface area contributed by atoms with E-state index in [9.17, 15) is 13.2 Å². The number of benzene rings is 2. The van der Waals surface area contributed by atoms with Crippen molar-refractivity contribution in [2.75, 3.05) is 25.8 Å². The van der Waals surface area contributed by atoms with E-state index in [1.807, 2.05) is 0 Å².